The first-order valence-corrected chi connectivity index (χ1v) is 6.52. The van der Waals surface area contributed by atoms with Crippen molar-refractivity contribution in [1.82, 2.24) is 10.7 Å². The third-order valence-corrected chi connectivity index (χ3v) is 2.50. The molecule has 1 unspecified atom stereocenters. The highest BCUT2D eigenvalue weighted by Crippen LogP contribution is 2.04. The molecule has 1 atom stereocenters. The lowest BCUT2D eigenvalue weighted by Crippen LogP contribution is -2.45. The molecule has 96 valence electrons. The van der Waals surface area contributed by atoms with Gasteiger partial charge in [-0.3, -0.25) is 10.4 Å². The van der Waals surface area contributed by atoms with Gasteiger partial charge in [0.15, 0.2) is 0 Å². The highest BCUT2D eigenvalue weighted by atomic mass is 15.3. The molecule has 4 heteroatoms. The summed E-state index contributed by atoms with van der Waals surface area (Å²) in [5, 5.41) is 3.29. The van der Waals surface area contributed by atoms with Gasteiger partial charge < -0.3 is 5.32 Å². The zero-order valence-corrected chi connectivity index (χ0v) is 11.1. The van der Waals surface area contributed by atoms with Crippen molar-refractivity contribution in [3.63, 3.8) is 0 Å². The standard InChI is InChI=1S/C12H28N4/c1-4-6-7-8-9-11(3)15-12(16-13)14-10-5-2/h11H,4-10,13H2,1-3H3,(H2,14,15,16). The number of hydrazine groups is 1. The highest BCUT2D eigenvalue weighted by Gasteiger charge is 2.03. The first-order chi connectivity index (χ1) is 7.74. The van der Waals surface area contributed by atoms with Crippen molar-refractivity contribution in [1.29, 1.82) is 0 Å². The number of nitrogens with zero attached hydrogens (tertiary/aromatic N) is 1. The fourth-order valence-corrected chi connectivity index (χ4v) is 1.54. The van der Waals surface area contributed by atoms with Crippen LogP contribution in [0, 0.1) is 0 Å². The van der Waals surface area contributed by atoms with Gasteiger partial charge in [0.2, 0.25) is 5.96 Å². The predicted molar refractivity (Wildman–Crippen MR) is 71.3 cm³/mol. The van der Waals surface area contributed by atoms with E-state index in [4.69, 9.17) is 5.84 Å². The van der Waals surface area contributed by atoms with Crippen LogP contribution >= 0.6 is 0 Å². The van der Waals surface area contributed by atoms with Crippen LogP contribution in [-0.2, 0) is 0 Å². The Morgan fingerprint density at radius 2 is 1.94 bits per heavy atom. The van der Waals surface area contributed by atoms with Crippen molar-refractivity contribution < 1.29 is 0 Å². The first-order valence-electron chi connectivity index (χ1n) is 6.52. The summed E-state index contributed by atoms with van der Waals surface area (Å²) < 4.78 is 0. The minimum absolute atomic E-state index is 0.434. The van der Waals surface area contributed by atoms with E-state index in [0.29, 0.717) is 12.0 Å². The lowest BCUT2D eigenvalue weighted by molar-refractivity contribution is 0.537. The van der Waals surface area contributed by atoms with Crippen LogP contribution in [0.5, 0.6) is 0 Å². The average molecular weight is 228 g/mol. The smallest absolute Gasteiger partial charge is 0.205 e. The molecule has 0 bridgehead atoms. The molecule has 0 radical (unpaired) electrons. The van der Waals surface area contributed by atoms with Gasteiger partial charge in [-0.05, 0) is 19.8 Å². The number of unbranched alkanes of at least 4 members (excludes halogenated alkanes) is 3. The Balaban J connectivity index is 3.69. The van der Waals surface area contributed by atoms with Crippen LogP contribution in [0.2, 0.25) is 0 Å². The van der Waals surface area contributed by atoms with Crippen LogP contribution in [0.3, 0.4) is 0 Å². The Hall–Kier alpha value is -0.770. The Bertz CT molecular complexity index is 180. The fourth-order valence-electron chi connectivity index (χ4n) is 1.54. The van der Waals surface area contributed by atoms with E-state index in [9.17, 15) is 0 Å². The molecule has 4 N–H and O–H groups in total. The molecule has 0 aromatic rings. The molecule has 0 heterocycles. The Labute approximate surface area is 100 Å². The summed E-state index contributed by atoms with van der Waals surface area (Å²) in [6.07, 6.45) is 7.42. The summed E-state index contributed by atoms with van der Waals surface area (Å²) in [7, 11) is 0. The molecule has 0 aliphatic rings. The molecule has 0 saturated heterocycles. The van der Waals surface area contributed by atoms with Crippen LogP contribution in [0.1, 0.15) is 59.3 Å². The van der Waals surface area contributed by atoms with E-state index < -0.39 is 0 Å². The molecule has 0 rings (SSSR count). The van der Waals surface area contributed by atoms with Gasteiger partial charge in [0.25, 0.3) is 0 Å². The summed E-state index contributed by atoms with van der Waals surface area (Å²) in [5.41, 5.74) is 2.61. The monoisotopic (exact) mass is 228 g/mol. The molecular weight excluding hydrogens is 200 g/mol. The van der Waals surface area contributed by atoms with Crippen molar-refractivity contribution in [3.05, 3.63) is 0 Å². The first kappa shape index (κ1) is 15.2. The molecule has 4 nitrogen and oxygen atoms in total. The molecule has 0 saturated carbocycles. The van der Waals surface area contributed by atoms with Crippen molar-refractivity contribution >= 4 is 5.96 Å². The molecule has 0 aromatic carbocycles. The van der Waals surface area contributed by atoms with E-state index in [-0.39, 0.29) is 0 Å². The largest absolute Gasteiger partial charge is 0.353 e. The van der Waals surface area contributed by atoms with Gasteiger partial charge in [-0.1, -0.05) is 39.5 Å². The molecule has 0 amide bonds. The SMILES string of the molecule is CCCCCCC(C)NC(=NCCC)NN. The van der Waals surface area contributed by atoms with Crippen molar-refractivity contribution in [2.45, 2.75) is 65.3 Å². The van der Waals surface area contributed by atoms with Gasteiger partial charge in [-0.2, -0.15) is 0 Å². The van der Waals surface area contributed by atoms with Crippen molar-refractivity contribution in [2.75, 3.05) is 6.54 Å². The maximum atomic E-state index is 5.39. The average Bonchev–Trinajstić information content (AvgIpc) is 2.30. The van der Waals surface area contributed by atoms with Gasteiger partial charge in [-0.25, -0.2) is 5.84 Å². The van der Waals surface area contributed by atoms with Crippen LogP contribution < -0.4 is 16.6 Å². The van der Waals surface area contributed by atoms with Gasteiger partial charge in [0.1, 0.15) is 0 Å². The van der Waals surface area contributed by atoms with Gasteiger partial charge >= 0.3 is 0 Å². The summed E-state index contributed by atoms with van der Waals surface area (Å²) in [6.45, 7) is 7.32. The van der Waals surface area contributed by atoms with E-state index in [1.807, 2.05) is 0 Å². The normalized spacial score (nSPS) is 13.6. The fraction of sp³-hybridized carbons (Fsp3) is 0.917. The number of nitrogens with two attached hydrogens (primary N) is 1. The van der Waals surface area contributed by atoms with Gasteiger partial charge in [0, 0.05) is 12.6 Å². The maximum absolute atomic E-state index is 5.39. The number of hydrogen-bond acceptors (Lipinski definition) is 2. The zero-order chi connectivity index (χ0) is 12.2. The minimum atomic E-state index is 0.434. The second-order valence-electron chi connectivity index (χ2n) is 4.27. The van der Waals surface area contributed by atoms with Crippen molar-refractivity contribution in [2.24, 2.45) is 10.8 Å². The molecule has 16 heavy (non-hydrogen) atoms. The lowest BCUT2D eigenvalue weighted by Gasteiger charge is -2.16. The van der Waals surface area contributed by atoms with Crippen LogP contribution in [0.4, 0.5) is 0 Å². The number of rotatable bonds is 8. The Kier molecular flexibility index (Phi) is 10.2. The lowest BCUT2D eigenvalue weighted by atomic mass is 10.1. The van der Waals surface area contributed by atoms with Gasteiger partial charge in [0.05, 0.1) is 0 Å². The quantitative estimate of drug-likeness (QED) is 0.196. The summed E-state index contributed by atoms with van der Waals surface area (Å²) in [6, 6.07) is 0.434. The molecule has 0 aliphatic heterocycles. The topological polar surface area (TPSA) is 62.4 Å². The summed E-state index contributed by atoms with van der Waals surface area (Å²) in [4.78, 5) is 4.31. The summed E-state index contributed by atoms with van der Waals surface area (Å²) in [5.74, 6) is 6.11. The molecular formula is C12H28N4. The van der Waals surface area contributed by atoms with E-state index in [2.05, 4.69) is 36.5 Å². The second-order valence-corrected chi connectivity index (χ2v) is 4.27. The van der Waals surface area contributed by atoms with E-state index in [1.54, 1.807) is 0 Å². The molecule has 0 aromatic heterocycles. The Morgan fingerprint density at radius 1 is 1.19 bits per heavy atom. The van der Waals surface area contributed by atoms with Crippen molar-refractivity contribution in [3.8, 4) is 0 Å². The highest BCUT2D eigenvalue weighted by molar-refractivity contribution is 5.79. The third-order valence-electron chi connectivity index (χ3n) is 2.50. The number of guanidine groups is 1. The third kappa shape index (κ3) is 8.53. The second kappa shape index (κ2) is 10.7. The minimum Gasteiger partial charge on any atom is -0.353 e. The van der Waals surface area contributed by atoms with E-state index >= 15 is 0 Å². The van der Waals surface area contributed by atoms with Crippen LogP contribution in [-0.4, -0.2) is 18.5 Å². The van der Waals surface area contributed by atoms with E-state index in [0.717, 1.165) is 13.0 Å². The van der Waals surface area contributed by atoms with Gasteiger partial charge in [-0.15, -0.1) is 0 Å². The predicted octanol–water partition coefficient (Wildman–Crippen LogP) is 2.16. The van der Waals surface area contributed by atoms with Crippen LogP contribution in [0.25, 0.3) is 0 Å². The molecule has 0 aliphatic carbocycles. The van der Waals surface area contributed by atoms with Crippen LogP contribution in [0.15, 0.2) is 4.99 Å². The number of nitrogens with one attached hydrogen (secondary N) is 2. The number of hydrogen-bond donors (Lipinski definition) is 3. The number of aliphatic imine (C=N–C) groups is 1. The Morgan fingerprint density at radius 3 is 2.50 bits per heavy atom. The van der Waals surface area contributed by atoms with E-state index in [1.165, 1.54) is 32.1 Å². The molecule has 0 spiro atoms. The summed E-state index contributed by atoms with van der Waals surface area (Å²) >= 11 is 0. The zero-order valence-electron chi connectivity index (χ0n) is 11.1. The maximum Gasteiger partial charge on any atom is 0.205 e. The molecule has 0 fully saturated rings.